The second kappa shape index (κ2) is 8.90. The topological polar surface area (TPSA) is 117 Å². The summed E-state index contributed by atoms with van der Waals surface area (Å²) < 4.78 is 5.34. The van der Waals surface area contributed by atoms with Crippen LogP contribution in [0, 0.1) is 0 Å². The van der Waals surface area contributed by atoms with Crippen LogP contribution in [0.1, 0.15) is 26.2 Å². The van der Waals surface area contributed by atoms with Gasteiger partial charge in [-0.1, -0.05) is 0 Å². The second-order valence-corrected chi connectivity index (χ2v) is 5.46. The van der Waals surface area contributed by atoms with Crippen molar-refractivity contribution in [2.24, 2.45) is 0 Å². The standard InChI is InChI=1S/C15H23N5O4/c1-2-24-13-9-12(17-10-18-13)19-11-4-7-20(8-5-11)15(23)16-6-3-14(21)22/h9-11H,2-8H2,1H3,(H,16,23)(H,21,22)(H,17,18,19). The van der Waals surface area contributed by atoms with Crippen LogP contribution in [0.2, 0.25) is 0 Å². The number of anilines is 1. The molecule has 0 bridgehead atoms. The van der Waals surface area contributed by atoms with E-state index < -0.39 is 5.97 Å². The van der Waals surface area contributed by atoms with Gasteiger partial charge in [-0.3, -0.25) is 4.79 Å². The van der Waals surface area contributed by atoms with Gasteiger partial charge in [0, 0.05) is 31.7 Å². The highest BCUT2D eigenvalue weighted by Crippen LogP contribution is 2.17. The normalized spacial score (nSPS) is 15.0. The number of rotatable bonds is 7. The molecule has 1 aromatic rings. The molecule has 0 spiro atoms. The lowest BCUT2D eigenvalue weighted by molar-refractivity contribution is -0.136. The van der Waals surface area contributed by atoms with Gasteiger partial charge >= 0.3 is 12.0 Å². The maximum absolute atomic E-state index is 11.9. The molecule has 1 aliphatic heterocycles. The van der Waals surface area contributed by atoms with Crippen LogP contribution in [0.25, 0.3) is 0 Å². The number of hydrogen-bond acceptors (Lipinski definition) is 6. The number of aromatic nitrogens is 2. The summed E-state index contributed by atoms with van der Waals surface area (Å²) in [5.74, 6) is 0.317. The van der Waals surface area contributed by atoms with Gasteiger partial charge in [0.05, 0.1) is 13.0 Å². The van der Waals surface area contributed by atoms with Crippen molar-refractivity contribution in [3.05, 3.63) is 12.4 Å². The lowest BCUT2D eigenvalue weighted by Crippen LogP contribution is -2.47. The molecule has 2 heterocycles. The maximum Gasteiger partial charge on any atom is 0.317 e. The summed E-state index contributed by atoms with van der Waals surface area (Å²) in [6.07, 6.45) is 2.97. The number of aliphatic carboxylic acids is 1. The number of likely N-dealkylation sites (tertiary alicyclic amines) is 1. The Kier molecular flexibility index (Phi) is 6.59. The van der Waals surface area contributed by atoms with Gasteiger partial charge in [0.1, 0.15) is 12.1 Å². The first-order valence-corrected chi connectivity index (χ1v) is 8.04. The first kappa shape index (κ1) is 17.8. The molecule has 1 aromatic heterocycles. The largest absolute Gasteiger partial charge is 0.481 e. The Bertz CT molecular complexity index is 561. The zero-order valence-electron chi connectivity index (χ0n) is 13.7. The third-order valence-corrected chi connectivity index (χ3v) is 3.68. The van der Waals surface area contributed by atoms with Crippen LogP contribution in [0.3, 0.4) is 0 Å². The minimum Gasteiger partial charge on any atom is -0.481 e. The lowest BCUT2D eigenvalue weighted by atomic mass is 10.1. The van der Waals surface area contributed by atoms with Crippen molar-refractivity contribution in [3.63, 3.8) is 0 Å². The summed E-state index contributed by atoms with van der Waals surface area (Å²) in [7, 11) is 0. The number of ether oxygens (including phenoxy) is 1. The van der Waals surface area contributed by atoms with Crippen molar-refractivity contribution < 1.29 is 19.4 Å². The molecule has 1 fully saturated rings. The number of hydrogen-bond donors (Lipinski definition) is 3. The summed E-state index contributed by atoms with van der Waals surface area (Å²) in [5, 5.41) is 14.5. The summed E-state index contributed by atoms with van der Waals surface area (Å²) in [5.41, 5.74) is 0. The van der Waals surface area contributed by atoms with E-state index in [2.05, 4.69) is 20.6 Å². The Morgan fingerprint density at radius 3 is 2.79 bits per heavy atom. The maximum atomic E-state index is 11.9. The zero-order chi connectivity index (χ0) is 17.4. The molecule has 9 nitrogen and oxygen atoms in total. The first-order valence-electron chi connectivity index (χ1n) is 8.04. The summed E-state index contributed by atoms with van der Waals surface area (Å²) in [6.45, 7) is 3.81. The van der Waals surface area contributed by atoms with Gasteiger partial charge in [-0.15, -0.1) is 0 Å². The van der Waals surface area contributed by atoms with E-state index in [1.165, 1.54) is 6.33 Å². The molecule has 0 aliphatic carbocycles. The fraction of sp³-hybridized carbons (Fsp3) is 0.600. The van der Waals surface area contributed by atoms with Crippen LogP contribution < -0.4 is 15.4 Å². The van der Waals surface area contributed by atoms with E-state index in [0.29, 0.717) is 31.4 Å². The summed E-state index contributed by atoms with van der Waals surface area (Å²) >= 11 is 0. The van der Waals surface area contributed by atoms with Gasteiger partial charge in [0.15, 0.2) is 0 Å². The third-order valence-electron chi connectivity index (χ3n) is 3.68. The van der Waals surface area contributed by atoms with Gasteiger partial charge in [-0.25, -0.2) is 14.8 Å². The number of carbonyl (C=O) groups is 2. The van der Waals surface area contributed by atoms with Crippen LogP contribution in [-0.4, -0.2) is 64.3 Å². The van der Waals surface area contributed by atoms with E-state index in [0.717, 1.165) is 12.8 Å². The lowest BCUT2D eigenvalue weighted by Gasteiger charge is -2.32. The van der Waals surface area contributed by atoms with E-state index in [1.807, 2.05) is 6.92 Å². The van der Waals surface area contributed by atoms with E-state index in [9.17, 15) is 9.59 Å². The van der Waals surface area contributed by atoms with Gasteiger partial charge in [0.2, 0.25) is 5.88 Å². The molecule has 0 radical (unpaired) electrons. The number of carbonyl (C=O) groups excluding carboxylic acids is 1. The van der Waals surface area contributed by atoms with Crippen LogP contribution in [0.15, 0.2) is 12.4 Å². The van der Waals surface area contributed by atoms with Gasteiger partial charge in [-0.05, 0) is 19.8 Å². The fourth-order valence-corrected chi connectivity index (χ4v) is 2.47. The van der Waals surface area contributed by atoms with Gasteiger partial charge in [0.25, 0.3) is 0 Å². The number of nitrogens with one attached hydrogen (secondary N) is 2. The van der Waals surface area contributed by atoms with Crippen molar-refractivity contribution in [3.8, 4) is 5.88 Å². The quantitative estimate of drug-likeness (QED) is 0.678. The van der Waals surface area contributed by atoms with Crippen LogP contribution in [0.5, 0.6) is 5.88 Å². The molecular weight excluding hydrogens is 314 g/mol. The average Bonchev–Trinajstić information content (AvgIpc) is 2.56. The molecule has 3 N–H and O–H groups in total. The van der Waals surface area contributed by atoms with Crippen molar-refractivity contribution >= 4 is 17.8 Å². The smallest absolute Gasteiger partial charge is 0.317 e. The minimum absolute atomic E-state index is 0.0698. The molecule has 0 aromatic carbocycles. The number of urea groups is 1. The zero-order valence-corrected chi connectivity index (χ0v) is 13.7. The van der Waals surface area contributed by atoms with E-state index in [-0.39, 0.29) is 25.0 Å². The molecule has 9 heteroatoms. The van der Waals surface area contributed by atoms with Crippen molar-refractivity contribution in [2.75, 3.05) is 31.6 Å². The Morgan fingerprint density at radius 1 is 1.38 bits per heavy atom. The monoisotopic (exact) mass is 337 g/mol. The first-order chi connectivity index (χ1) is 11.6. The average molecular weight is 337 g/mol. The number of amides is 2. The molecule has 0 unspecified atom stereocenters. The molecule has 2 amide bonds. The summed E-state index contributed by atoms with van der Waals surface area (Å²) in [6, 6.07) is 1.77. The van der Waals surface area contributed by atoms with E-state index >= 15 is 0 Å². The van der Waals surface area contributed by atoms with Crippen LogP contribution >= 0.6 is 0 Å². The number of piperidine rings is 1. The number of nitrogens with zero attached hydrogens (tertiary/aromatic N) is 3. The molecule has 0 saturated carbocycles. The highest BCUT2D eigenvalue weighted by atomic mass is 16.5. The number of carboxylic acids is 1. The highest BCUT2D eigenvalue weighted by Gasteiger charge is 2.22. The van der Waals surface area contributed by atoms with E-state index in [4.69, 9.17) is 9.84 Å². The highest BCUT2D eigenvalue weighted by molar-refractivity contribution is 5.75. The van der Waals surface area contributed by atoms with Crippen LogP contribution in [0.4, 0.5) is 10.6 Å². The predicted octanol–water partition coefficient (Wildman–Crippen LogP) is 0.936. The SMILES string of the molecule is CCOc1cc(NC2CCN(C(=O)NCCC(=O)O)CC2)ncn1. The molecule has 2 rings (SSSR count). The molecular formula is C15H23N5O4. The summed E-state index contributed by atoms with van der Waals surface area (Å²) in [4.78, 5) is 32.3. The van der Waals surface area contributed by atoms with Crippen molar-refractivity contribution in [1.82, 2.24) is 20.2 Å². The molecule has 1 saturated heterocycles. The fourth-order valence-electron chi connectivity index (χ4n) is 2.47. The molecule has 0 atom stereocenters. The minimum atomic E-state index is -0.922. The Balaban J connectivity index is 1.75. The Hall–Kier alpha value is -2.58. The van der Waals surface area contributed by atoms with Crippen molar-refractivity contribution in [2.45, 2.75) is 32.2 Å². The third kappa shape index (κ3) is 5.56. The number of carboxylic acid groups (broad SMARTS) is 1. The van der Waals surface area contributed by atoms with Gasteiger partial charge in [-0.2, -0.15) is 0 Å². The van der Waals surface area contributed by atoms with E-state index in [1.54, 1.807) is 11.0 Å². The molecule has 132 valence electrons. The van der Waals surface area contributed by atoms with Crippen LogP contribution in [-0.2, 0) is 4.79 Å². The van der Waals surface area contributed by atoms with Crippen molar-refractivity contribution in [1.29, 1.82) is 0 Å². The molecule has 24 heavy (non-hydrogen) atoms. The molecule has 1 aliphatic rings. The predicted molar refractivity (Wildman–Crippen MR) is 87.1 cm³/mol. The Morgan fingerprint density at radius 2 is 2.12 bits per heavy atom. The Labute approximate surface area is 140 Å². The second-order valence-electron chi connectivity index (χ2n) is 5.46. The van der Waals surface area contributed by atoms with Gasteiger partial charge < -0.3 is 25.4 Å².